The predicted octanol–water partition coefficient (Wildman–Crippen LogP) is 2.68. The summed E-state index contributed by atoms with van der Waals surface area (Å²) in [5.41, 5.74) is 0.941. The summed E-state index contributed by atoms with van der Waals surface area (Å²) in [7, 11) is 1.60. The fraction of sp³-hybridized carbons (Fsp3) is 0.579. The van der Waals surface area contributed by atoms with E-state index in [1.807, 2.05) is 24.3 Å². The fourth-order valence-corrected chi connectivity index (χ4v) is 4.08. The average molecular weight is 331 g/mol. The number of rotatable bonds is 7. The summed E-state index contributed by atoms with van der Waals surface area (Å²) in [5, 5.41) is 2.75. The standard InChI is InChI=1S/C19H25NO4/c1-23-17-4-2-3-14(9-17)11-20-18(21)12-24-19(22)10-16-8-13-5-6-15(16)7-13/h2-4,9,13,15-16H,5-8,10-12H2,1H3,(H,20,21)/t13-,15+,16+/m0/s1. The zero-order valence-corrected chi connectivity index (χ0v) is 14.1. The minimum absolute atomic E-state index is 0.205. The van der Waals surface area contributed by atoms with Crippen LogP contribution in [0.3, 0.4) is 0 Å². The van der Waals surface area contributed by atoms with Crippen LogP contribution in [0.15, 0.2) is 24.3 Å². The van der Waals surface area contributed by atoms with Crippen LogP contribution in [-0.4, -0.2) is 25.6 Å². The van der Waals surface area contributed by atoms with E-state index in [0.29, 0.717) is 24.8 Å². The summed E-state index contributed by atoms with van der Waals surface area (Å²) in [6, 6.07) is 7.49. The van der Waals surface area contributed by atoms with Crippen LogP contribution in [-0.2, 0) is 20.9 Å². The van der Waals surface area contributed by atoms with Crippen LogP contribution >= 0.6 is 0 Å². The third-order valence-corrected chi connectivity index (χ3v) is 5.30. The van der Waals surface area contributed by atoms with Crippen molar-refractivity contribution in [3.8, 4) is 5.75 Å². The second-order valence-electron chi connectivity index (χ2n) is 6.93. The number of ether oxygens (including phenoxy) is 2. The van der Waals surface area contributed by atoms with Gasteiger partial charge in [0.15, 0.2) is 6.61 Å². The molecular formula is C19H25NO4. The lowest BCUT2D eigenvalue weighted by atomic mass is 9.86. The molecule has 1 aromatic rings. The summed E-state index contributed by atoms with van der Waals surface area (Å²) < 4.78 is 10.3. The quantitative estimate of drug-likeness (QED) is 0.780. The molecule has 3 atom stereocenters. The average Bonchev–Trinajstić information content (AvgIpc) is 3.21. The van der Waals surface area contributed by atoms with Crippen molar-refractivity contribution in [3.05, 3.63) is 29.8 Å². The van der Waals surface area contributed by atoms with Gasteiger partial charge in [0, 0.05) is 13.0 Å². The molecule has 2 saturated carbocycles. The van der Waals surface area contributed by atoms with Gasteiger partial charge >= 0.3 is 5.97 Å². The van der Waals surface area contributed by atoms with Crippen LogP contribution < -0.4 is 10.1 Å². The lowest BCUT2D eigenvalue weighted by Crippen LogP contribution is -2.29. The minimum Gasteiger partial charge on any atom is -0.497 e. The summed E-state index contributed by atoms with van der Waals surface area (Å²) in [6.45, 7) is 0.184. The Morgan fingerprint density at radius 3 is 2.83 bits per heavy atom. The van der Waals surface area contributed by atoms with Crippen LogP contribution in [0.2, 0.25) is 0 Å². The summed E-state index contributed by atoms with van der Waals surface area (Å²) in [4.78, 5) is 23.7. The van der Waals surface area contributed by atoms with E-state index in [-0.39, 0.29) is 18.5 Å². The molecule has 1 aromatic carbocycles. The maximum atomic E-state index is 11.9. The van der Waals surface area contributed by atoms with Gasteiger partial charge in [-0.2, -0.15) is 0 Å². The van der Waals surface area contributed by atoms with E-state index >= 15 is 0 Å². The maximum Gasteiger partial charge on any atom is 0.306 e. The molecule has 0 heterocycles. The topological polar surface area (TPSA) is 64.6 Å². The van der Waals surface area contributed by atoms with Crippen molar-refractivity contribution >= 4 is 11.9 Å². The number of amides is 1. The molecule has 0 radical (unpaired) electrons. The van der Waals surface area contributed by atoms with E-state index in [4.69, 9.17) is 9.47 Å². The molecule has 0 saturated heterocycles. The van der Waals surface area contributed by atoms with E-state index in [1.165, 1.54) is 19.3 Å². The first-order chi connectivity index (χ1) is 11.6. The highest BCUT2D eigenvalue weighted by atomic mass is 16.5. The molecule has 5 heteroatoms. The van der Waals surface area contributed by atoms with Gasteiger partial charge in [-0.1, -0.05) is 18.6 Å². The van der Waals surface area contributed by atoms with Gasteiger partial charge in [-0.25, -0.2) is 0 Å². The van der Waals surface area contributed by atoms with Crippen LogP contribution in [0.1, 0.15) is 37.7 Å². The first-order valence-corrected chi connectivity index (χ1v) is 8.69. The zero-order chi connectivity index (χ0) is 16.9. The summed E-state index contributed by atoms with van der Waals surface area (Å²) >= 11 is 0. The number of methoxy groups -OCH3 is 1. The molecule has 0 aliphatic heterocycles. The molecule has 2 aliphatic carbocycles. The Balaban J connectivity index is 1.35. The second kappa shape index (κ2) is 7.69. The number of nitrogens with one attached hydrogen (secondary N) is 1. The Hall–Kier alpha value is -2.04. The molecule has 1 N–H and O–H groups in total. The first-order valence-electron chi connectivity index (χ1n) is 8.69. The largest absolute Gasteiger partial charge is 0.497 e. The maximum absolute atomic E-state index is 11.9. The van der Waals surface area contributed by atoms with Crippen molar-refractivity contribution in [1.82, 2.24) is 5.32 Å². The van der Waals surface area contributed by atoms with Crippen LogP contribution in [0.25, 0.3) is 0 Å². The number of hydrogen-bond donors (Lipinski definition) is 1. The van der Waals surface area contributed by atoms with Gasteiger partial charge in [0.1, 0.15) is 5.75 Å². The Labute approximate surface area is 142 Å². The molecule has 0 aromatic heterocycles. The molecular weight excluding hydrogens is 306 g/mol. The molecule has 0 spiro atoms. The smallest absolute Gasteiger partial charge is 0.306 e. The third-order valence-electron chi connectivity index (χ3n) is 5.30. The lowest BCUT2D eigenvalue weighted by Gasteiger charge is -2.20. The fourth-order valence-electron chi connectivity index (χ4n) is 4.08. The van der Waals surface area contributed by atoms with Gasteiger partial charge in [-0.15, -0.1) is 0 Å². The van der Waals surface area contributed by atoms with Gasteiger partial charge in [-0.05, 0) is 54.7 Å². The predicted molar refractivity (Wildman–Crippen MR) is 89.4 cm³/mol. The second-order valence-corrected chi connectivity index (χ2v) is 6.93. The van der Waals surface area contributed by atoms with E-state index in [2.05, 4.69) is 5.32 Å². The molecule has 5 nitrogen and oxygen atoms in total. The van der Waals surface area contributed by atoms with Crippen molar-refractivity contribution in [2.75, 3.05) is 13.7 Å². The normalized spacial score (nSPS) is 24.6. The van der Waals surface area contributed by atoms with Crippen molar-refractivity contribution in [3.63, 3.8) is 0 Å². The van der Waals surface area contributed by atoms with Crippen molar-refractivity contribution in [2.45, 2.75) is 38.6 Å². The monoisotopic (exact) mass is 331 g/mol. The number of esters is 1. The molecule has 24 heavy (non-hydrogen) atoms. The van der Waals surface area contributed by atoms with Gasteiger partial charge in [-0.3, -0.25) is 9.59 Å². The first kappa shape index (κ1) is 16.8. The van der Waals surface area contributed by atoms with Gasteiger partial charge in [0.25, 0.3) is 5.91 Å². The zero-order valence-electron chi connectivity index (χ0n) is 14.1. The molecule has 2 bridgehead atoms. The number of fused-ring (bicyclic) bond motifs is 2. The van der Waals surface area contributed by atoms with Crippen LogP contribution in [0, 0.1) is 17.8 Å². The molecule has 0 unspecified atom stereocenters. The number of carbonyl (C=O) groups excluding carboxylic acids is 2. The molecule has 130 valence electrons. The highest BCUT2D eigenvalue weighted by Crippen LogP contribution is 2.49. The van der Waals surface area contributed by atoms with E-state index < -0.39 is 0 Å². The number of hydrogen-bond acceptors (Lipinski definition) is 4. The Bertz CT molecular complexity index is 601. The van der Waals surface area contributed by atoms with Gasteiger partial charge in [0.05, 0.1) is 7.11 Å². The van der Waals surface area contributed by atoms with E-state index in [1.54, 1.807) is 7.11 Å². The highest BCUT2D eigenvalue weighted by Gasteiger charge is 2.40. The van der Waals surface area contributed by atoms with Crippen molar-refractivity contribution in [2.24, 2.45) is 17.8 Å². The van der Waals surface area contributed by atoms with Gasteiger partial charge in [0.2, 0.25) is 0 Å². The molecule has 2 aliphatic rings. The minimum atomic E-state index is -0.279. The van der Waals surface area contributed by atoms with E-state index in [9.17, 15) is 9.59 Å². The van der Waals surface area contributed by atoms with Crippen molar-refractivity contribution < 1.29 is 19.1 Å². The summed E-state index contributed by atoms with van der Waals surface area (Å²) in [6.07, 6.45) is 5.47. The van der Waals surface area contributed by atoms with Gasteiger partial charge < -0.3 is 14.8 Å². The molecule has 2 fully saturated rings. The van der Waals surface area contributed by atoms with Crippen LogP contribution in [0.4, 0.5) is 0 Å². The highest BCUT2D eigenvalue weighted by molar-refractivity contribution is 5.80. The Morgan fingerprint density at radius 1 is 1.25 bits per heavy atom. The number of benzene rings is 1. The van der Waals surface area contributed by atoms with Crippen LogP contribution in [0.5, 0.6) is 5.75 Å². The number of carbonyl (C=O) groups is 2. The van der Waals surface area contributed by atoms with Crippen molar-refractivity contribution in [1.29, 1.82) is 0 Å². The Morgan fingerprint density at radius 2 is 2.12 bits per heavy atom. The summed E-state index contributed by atoms with van der Waals surface area (Å²) in [5.74, 6) is 2.21. The SMILES string of the molecule is COc1cccc(CNC(=O)COC(=O)C[C@H]2C[C@H]3CC[C@@H]2C3)c1. The molecule has 3 rings (SSSR count). The third kappa shape index (κ3) is 4.28. The lowest BCUT2D eigenvalue weighted by molar-refractivity contribution is -0.149. The Kier molecular flexibility index (Phi) is 5.38. The molecule has 1 amide bonds. The van der Waals surface area contributed by atoms with E-state index in [0.717, 1.165) is 23.7 Å².